The summed E-state index contributed by atoms with van der Waals surface area (Å²) in [6.45, 7) is 0. The van der Waals surface area contributed by atoms with Crippen LogP contribution in [0.25, 0.3) is 0 Å². The fourth-order valence-electron chi connectivity index (χ4n) is 1.59. The number of nitrogens with zero attached hydrogens (tertiary/aromatic N) is 1. The lowest BCUT2D eigenvalue weighted by molar-refractivity contribution is 0.175. The Kier molecular flexibility index (Phi) is 4.40. The first-order valence-electron chi connectivity index (χ1n) is 5.16. The standard InChI is InChI=1S/C12H11Cl2NOS/c13-10-2-1-3-11(14)9(10)6-8(16)7-12-15-4-5-17-12/h1-5,8,16H,6-7H2. The number of aromatic nitrogens is 1. The molecule has 2 rings (SSSR count). The predicted molar refractivity (Wildman–Crippen MR) is 72.0 cm³/mol. The van der Waals surface area contributed by atoms with Gasteiger partial charge in [-0.15, -0.1) is 11.3 Å². The van der Waals surface area contributed by atoms with Crippen molar-refractivity contribution in [2.24, 2.45) is 0 Å². The summed E-state index contributed by atoms with van der Waals surface area (Å²) in [4.78, 5) is 4.14. The second-order valence-corrected chi connectivity index (χ2v) is 5.48. The minimum absolute atomic E-state index is 0.443. The van der Waals surface area contributed by atoms with Gasteiger partial charge in [0.25, 0.3) is 0 Å². The van der Waals surface area contributed by atoms with Gasteiger partial charge in [-0.1, -0.05) is 29.3 Å². The highest BCUT2D eigenvalue weighted by atomic mass is 35.5. The molecule has 1 unspecified atom stereocenters. The number of thiazole rings is 1. The highest BCUT2D eigenvalue weighted by Crippen LogP contribution is 2.26. The molecule has 5 heteroatoms. The summed E-state index contributed by atoms with van der Waals surface area (Å²) in [5, 5.41) is 14.0. The third-order valence-electron chi connectivity index (χ3n) is 2.40. The van der Waals surface area contributed by atoms with Gasteiger partial charge in [0.05, 0.1) is 11.1 Å². The van der Waals surface area contributed by atoms with Gasteiger partial charge in [-0.05, 0) is 17.7 Å². The molecule has 1 N–H and O–H groups in total. The summed E-state index contributed by atoms with van der Waals surface area (Å²) in [7, 11) is 0. The molecule has 1 aromatic heterocycles. The number of hydrogen-bond donors (Lipinski definition) is 1. The first-order valence-corrected chi connectivity index (χ1v) is 6.79. The second-order valence-electron chi connectivity index (χ2n) is 3.69. The molecule has 1 aromatic carbocycles. The van der Waals surface area contributed by atoms with Crippen LogP contribution in [0.3, 0.4) is 0 Å². The van der Waals surface area contributed by atoms with Crippen LogP contribution in [0.2, 0.25) is 10.0 Å². The molecule has 0 fully saturated rings. The third-order valence-corrected chi connectivity index (χ3v) is 3.91. The summed E-state index contributed by atoms with van der Waals surface area (Å²) < 4.78 is 0. The minimum Gasteiger partial charge on any atom is -0.392 e. The summed E-state index contributed by atoms with van der Waals surface area (Å²) in [5.41, 5.74) is 0.792. The van der Waals surface area contributed by atoms with E-state index < -0.39 is 6.10 Å². The topological polar surface area (TPSA) is 33.1 Å². The fourth-order valence-corrected chi connectivity index (χ4v) is 2.83. The molecule has 0 aliphatic heterocycles. The molecule has 0 saturated heterocycles. The van der Waals surface area contributed by atoms with Crippen molar-refractivity contribution in [2.45, 2.75) is 18.9 Å². The zero-order chi connectivity index (χ0) is 12.3. The van der Waals surface area contributed by atoms with Crippen LogP contribution in [0.1, 0.15) is 10.6 Å². The molecule has 17 heavy (non-hydrogen) atoms. The predicted octanol–water partition coefficient (Wildman–Crippen LogP) is 3.60. The van der Waals surface area contributed by atoms with Crippen molar-refractivity contribution < 1.29 is 5.11 Å². The number of halogens is 2. The lowest BCUT2D eigenvalue weighted by atomic mass is 10.1. The number of aliphatic hydroxyl groups is 1. The minimum atomic E-state index is -0.515. The van der Waals surface area contributed by atoms with Crippen molar-refractivity contribution in [2.75, 3.05) is 0 Å². The normalized spacial score (nSPS) is 12.6. The second kappa shape index (κ2) is 5.83. The Morgan fingerprint density at radius 1 is 1.24 bits per heavy atom. The smallest absolute Gasteiger partial charge is 0.0950 e. The van der Waals surface area contributed by atoms with Crippen LogP contribution in [0, 0.1) is 0 Å². The molecule has 0 spiro atoms. The quantitative estimate of drug-likeness (QED) is 0.932. The van der Waals surface area contributed by atoms with Crippen LogP contribution in [-0.4, -0.2) is 16.2 Å². The van der Waals surface area contributed by atoms with E-state index in [2.05, 4.69) is 4.98 Å². The lowest BCUT2D eigenvalue weighted by Crippen LogP contribution is -2.14. The molecule has 0 amide bonds. The average molecular weight is 288 g/mol. The van der Waals surface area contributed by atoms with E-state index >= 15 is 0 Å². The van der Waals surface area contributed by atoms with E-state index in [0.29, 0.717) is 22.9 Å². The molecule has 90 valence electrons. The molecular formula is C12H11Cl2NOS. The first kappa shape index (κ1) is 12.8. The van der Waals surface area contributed by atoms with Gasteiger partial charge in [-0.25, -0.2) is 4.98 Å². The highest BCUT2D eigenvalue weighted by molar-refractivity contribution is 7.09. The summed E-state index contributed by atoms with van der Waals surface area (Å²) in [6.07, 6.45) is 2.19. The van der Waals surface area contributed by atoms with Gasteiger partial charge < -0.3 is 5.11 Å². The van der Waals surface area contributed by atoms with Crippen molar-refractivity contribution in [3.05, 3.63) is 50.4 Å². The van der Waals surface area contributed by atoms with E-state index in [1.807, 2.05) is 5.38 Å². The maximum Gasteiger partial charge on any atom is 0.0950 e. The third kappa shape index (κ3) is 3.42. The van der Waals surface area contributed by atoms with E-state index in [-0.39, 0.29) is 0 Å². The van der Waals surface area contributed by atoms with Gasteiger partial charge in [-0.3, -0.25) is 0 Å². The molecule has 1 heterocycles. The van der Waals surface area contributed by atoms with Crippen molar-refractivity contribution in [1.82, 2.24) is 4.98 Å². The van der Waals surface area contributed by atoms with Crippen LogP contribution in [0.4, 0.5) is 0 Å². The molecule has 0 aliphatic carbocycles. The average Bonchev–Trinajstić information content (AvgIpc) is 2.76. The van der Waals surface area contributed by atoms with Gasteiger partial charge in [0.1, 0.15) is 0 Å². The van der Waals surface area contributed by atoms with Crippen LogP contribution >= 0.6 is 34.5 Å². The number of aliphatic hydroxyl groups excluding tert-OH is 1. The maximum atomic E-state index is 9.97. The molecule has 1 atom stereocenters. The first-order chi connectivity index (χ1) is 8.16. The van der Waals surface area contributed by atoms with Gasteiger partial charge in [0, 0.05) is 34.5 Å². The zero-order valence-electron chi connectivity index (χ0n) is 8.94. The van der Waals surface area contributed by atoms with E-state index in [9.17, 15) is 5.11 Å². The Morgan fingerprint density at radius 3 is 2.53 bits per heavy atom. The Bertz CT molecular complexity index is 467. The molecule has 2 aromatic rings. The number of hydrogen-bond acceptors (Lipinski definition) is 3. The van der Waals surface area contributed by atoms with E-state index in [1.54, 1.807) is 24.4 Å². The van der Waals surface area contributed by atoms with Crippen molar-refractivity contribution in [3.8, 4) is 0 Å². The maximum absolute atomic E-state index is 9.97. The Balaban J connectivity index is 2.05. The van der Waals surface area contributed by atoms with Crippen LogP contribution in [-0.2, 0) is 12.8 Å². The molecule has 0 aliphatic rings. The largest absolute Gasteiger partial charge is 0.392 e. The SMILES string of the molecule is OC(Cc1nccs1)Cc1c(Cl)cccc1Cl. The Hall–Kier alpha value is -0.610. The van der Waals surface area contributed by atoms with Crippen LogP contribution in [0.5, 0.6) is 0 Å². The van der Waals surface area contributed by atoms with Crippen LogP contribution in [0.15, 0.2) is 29.8 Å². The van der Waals surface area contributed by atoms with E-state index in [4.69, 9.17) is 23.2 Å². The van der Waals surface area contributed by atoms with E-state index in [0.717, 1.165) is 10.6 Å². The van der Waals surface area contributed by atoms with E-state index in [1.165, 1.54) is 11.3 Å². The monoisotopic (exact) mass is 287 g/mol. The van der Waals surface area contributed by atoms with Crippen molar-refractivity contribution in [3.63, 3.8) is 0 Å². The van der Waals surface area contributed by atoms with Crippen molar-refractivity contribution >= 4 is 34.5 Å². The molecule has 2 nitrogen and oxygen atoms in total. The van der Waals surface area contributed by atoms with Crippen LogP contribution < -0.4 is 0 Å². The molecular weight excluding hydrogens is 277 g/mol. The van der Waals surface area contributed by atoms with Gasteiger partial charge in [0.15, 0.2) is 0 Å². The Labute approximate surface area is 114 Å². The van der Waals surface area contributed by atoms with Gasteiger partial charge in [-0.2, -0.15) is 0 Å². The fraction of sp³-hybridized carbons (Fsp3) is 0.250. The van der Waals surface area contributed by atoms with Gasteiger partial charge in [0.2, 0.25) is 0 Å². The molecule has 0 saturated carbocycles. The summed E-state index contributed by atoms with van der Waals surface area (Å²) >= 11 is 13.6. The summed E-state index contributed by atoms with van der Waals surface area (Å²) in [6, 6.07) is 5.35. The lowest BCUT2D eigenvalue weighted by Gasteiger charge is -2.11. The molecule has 0 bridgehead atoms. The zero-order valence-corrected chi connectivity index (χ0v) is 11.3. The number of benzene rings is 1. The highest BCUT2D eigenvalue weighted by Gasteiger charge is 2.13. The molecule has 0 radical (unpaired) electrons. The summed E-state index contributed by atoms with van der Waals surface area (Å²) in [5.74, 6) is 0. The van der Waals surface area contributed by atoms with Gasteiger partial charge >= 0.3 is 0 Å². The van der Waals surface area contributed by atoms with Crippen molar-refractivity contribution in [1.29, 1.82) is 0 Å². The Morgan fingerprint density at radius 2 is 1.94 bits per heavy atom. The number of rotatable bonds is 4.